The minimum absolute atomic E-state index is 0.234. The van der Waals surface area contributed by atoms with Crippen LogP contribution in [0.2, 0.25) is 5.02 Å². The molecule has 12 heavy (non-hydrogen) atoms. The molecule has 0 spiro atoms. The highest BCUT2D eigenvalue weighted by atomic mass is 35.5. The van der Waals surface area contributed by atoms with Crippen LogP contribution in [0.5, 0.6) is 0 Å². The Kier molecular flexibility index (Phi) is 2.32. The first-order valence-corrected chi connectivity index (χ1v) is 3.36. The number of anilines is 1. The van der Waals surface area contributed by atoms with Gasteiger partial charge >= 0.3 is 0 Å². The van der Waals surface area contributed by atoms with Gasteiger partial charge in [-0.3, -0.25) is 4.79 Å². The van der Waals surface area contributed by atoms with Gasteiger partial charge < -0.3 is 10.7 Å². The lowest BCUT2D eigenvalue weighted by Gasteiger charge is -2.04. The number of hydrogen-bond acceptors (Lipinski definition) is 2. The SMILES string of the molecule is Nc1c(C(F)F)c(Cl)c[nH]c1=O. The van der Waals surface area contributed by atoms with Crippen LogP contribution in [0.15, 0.2) is 11.0 Å². The van der Waals surface area contributed by atoms with E-state index in [-0.39, 0.29) is 5.02 Å². The van der Waals surface area contributed by atoms with Gasteiger partial charge in [-0.15, -0.1) is 0 Å². The van der Waals surface area contributed by atoms with Crippen molar-refractivity contribution in [1.29, 1.82) is 0 Å². The number of aromatic nitrogens is 1. The molecule has 0 aliphatic rings. The minimum atomic E-state index is -2.83. The highest BCUT2D eigenvalue weighted by molar-refractivity contribution is 6.31. The molecule has 66 valence electrons. The number of pyridine rings is 1. The van der Waals surface area contributed by atoms with E-state index in [1.807, 2.05) is 0 Å². The molecule has 1 heterocycles. The monoisotopic (exact) mass is 194 g/mol. The maximum Gasteiger partial charge on any atom is 0.271 e. The molecule has 6 heteroatoms. The Balaban J connectivity index is 3.43. The molecular weight excluding hydrogens is 190 g/mol. The average molecular weight is 195 g/mol. The third-order valence-electron chi connectivity index (χ3n) is 1.34. The zero-order valence-electron chi connectivity index (χ0n) is 5.77. The summed E-state index contributed by atoms with van der Waals surface area (Å²) in [6.07, 6.45) is -1.85. The topological polar surface area (TPSA) is 58.9 Å². The molecule has 0 saturated heterocycles. The highest BCUT2D eigenvalue weighted by Crippen LogP contribution is 2.28. The van der Waals surface area contributed by atoms with Crippen LogP contribution in [0.3, 0.4) is 0 Å². The molecule has 0 aliphatic carbocycles. The van der Waals surface area contributed by atoms with Gasteiger partial charge in [0.05, 0.1) is 10.6 Å². The van der Waals surface area contributed by atoms with E-state index in [1.165, 1.54) is 0 Å². The molecule has 0 fully saturated rings. The Bertz CT molecular complexity index is 350. The van der Waals surface area contributed by atoms with Gasteiger partial charge in [0, 0.05) is 6.20 Å². The van der Waals surface area contributed by atoms with Crippen molar-refractivity contribution >= 4 is 17.3 Å². The second-order valence-corrected chi connectivity index (χ2v) is 2.50. The largest absolute Gasteiger partial charge is 0.394 e. The highest BCUT2D eigenvalue weighted by Gasteiger charge is 2.17. The summed E-state index contributed by atoms with van der Waals surface area (Å²) in [5.74, 6) is 0. The number of aromatic amines is 1. The fourth-order valence-electron chi connectivity index (χ4n) is 0.757. The van der Waals surface area contributed by atoms with E-state index < -0.39 is 23.2 Å². The zero-order valence-corrected chi connectivity index (χ0v) is 6.53. The van der Waals surface area contributed by atoms with Crippen molar-refractivity contribution < 1.29 is 8.78 Å². The first-order chi connectivity index (χ1) is 5.54. The number of rotatable bonds is 1. The first kappa shape index (κ1) is 8.99. The lowest BCUT2D eigenvalue weighted by Crippen LogP contribution is -2.14. The maximum atomic E-state index is 12.2. The van der Waals surface area contributed by atoms with Gasteiger partial charge in [-0.05, 0) is 0 Å². The number of halogens is 3. The van der Waals surface area contributed by atoms with Crippen molar-refractivity contribution in [3.8, 4) is 0 Å². The maximum absolute atomic E-state index is 12.2. The molecule has 0 amide bonds. The molecule has 1 aromatic rings. The van der Waals surface area contributed by atoms with Crippen molar-refractivity contribution in [3.63, 3.8) is 0 Å². The van der Waals surface area contributed by atoms with Gasteiger partial charge in [0.2, 0.25) is 0 Å². The summed E-state index contributed by atoms with van der Waals surface area (Å²) in [6.45, 7) is 0. The minimum Gasteiger partial charge on any atom is -0.394 e. The number of H-pyrrole nitrogens is 1. The summed E-state index contributed by atoms with van der Waals surface area (Å²) >= 11 is 5.37. The van der Waals surface area contributed by atoms with Gasteiger partial charge in [-0.1, -0.05) is 11.6 Å². The van der Waals surface area contributed by atoms with E-state index in [0.29, 0.717) is 0 Å². The molecule has 0 saturated carbocycles. The average Bonchev–Trinajstić information content (AvgIpc) is 1.97. The Labute approximate surface area is 71.2 Å². The predicted molar refractivity (Wildman–Crippen MR) is 41.4 cm³/mol. The number of nitrogens with one attached hydrogen (secondary N) is 1. The molecule has 3 nitrogen and oxygen atoms in total. The molecule has 0 unspecified atom stereocenters. The van der Waals surface area contributed by atoms with Crippen molar-refractivity contribution in [2.75, 3.05) is 5.73 Å². The quantitative estimate of drug-likeness (QED) is 0.713. The fraction of sp³-hybridized carbons (Fsp3) is 0.167. The van der Waals surface area contributed by atoms with Crippen molar-refractivity contribution in [1.82, 2.24) is 4.98 Å². The molecule has 0 bridgehead atoms. The Morgan fingerprint density at radius 2 is 2.17 bits per heavy atom. The number of nitrogens with two attached hydrogens (primary N) is 1. The summed E-state index contributed by atoms with van der Waals surface area (Å²) in [5, 5.41) is -0.234. The normalized spacial score (nSPS) is 10.7. The molecular formula is C6H5ClF2N2O. The van der Waals surface area contributed by atoms with Crippen LogP contribution in [-0.4, -0.2) is 4.98 Å². The Hall–Kier alpha value is -1.10. The van der Waals surface area contributed by atoms with Crippen LogP contribution in [-0.2, 0) is 0 Å². The molecule has 0 aliphatic heterocycles. The van der Waals surface area contributed by atoms with Gasteiger partial charge in [-0.2, -0.15) is 0 Å². The van der Waals surface area contributed by atoms with Crippen LogP contribution in [0.4, 0.5) is 14.5 Å². The lowest BCUT2D eigenvalue weighted by atomic mass is 10.2. The van der Waals surface area contributed by atoms with Gasteiger partial charge in [0.25, 0.3) is 12.0 Å². The zero-order chi connectivity index (χ0) is 9.30. The summed E-state index contributed by atoms with van der Waals surface area (Å²) in [7, 11) is 0. The molecule has 0 aromatic carbocycles. The van der Waals surface area contributed by atoms with Gasteiger partial charge in [0.15, 0.2) is 0 Å². The van der Waals surface area contributed by atoms with Gasteiger partial charge in [-0.25, -0.2) is 8.78 Å². The van der Waals surface area contributed by atoms with E-state index in [0.717, 1.165) is 6.20 Å². The molecule has 1 aromatic heterocycles. The first-order valence-electron chi connectivity index (χ1n) is 2.98. The van der Waals surface area contributed by atoms with Crippen LogP contribution in [0, 0.1) is 0 Å². The van der Waals surface area contributed by atoms with Crippen LogP contribution in [0.1, 0.15) is 12.0 Å². The number of hydrogen-bond donors (Lipinski definition) is 2. The summed E-state index contributed by atoms with van der Waals surface area (Å²) in [5.41, 5.74) is 3.18. The van der Waals surface area contributed by atoms with Crippen LogP contribution < -0.4 is 11.3 Å². The predicted octanol–water partition coefficient (Wildman–Crippen LogP) is 1.55. The third kappa shape index (κ3) is 1.40. The number of alkyl halides is 2. The van der Waals surface area contributed by atoms with E-state index >= 15 is 0 Å². The van der Waals surface area contributed by atoms with Crippen molar-refractivity contribution in [3.05, 3.63) is 27.1 Å². The summed E-state index contributed by atoms with van der Waals surface area (Å²) in [4.78, 5) is 12.8. The van der Waals surface area contributed by atoms with E-state index in [1.54, 1.807) is 0 Å². The number of nitrogen functional groups attached to an aromatic ring is 1. The second kappa shape index (κ2) is 3.10. The smallest absolute Gasteiger partial charge is 0.271 e. The van der Waals surface area contributed by atoms with Crippen molar-refractivity contribution in [2.45, 2.75) is 6.43 Å². The van der Waals surface area contributed by atoms with Crippen LogP contribution in [0.25, 0.3) is 0 Å². The van der Waals surface area contributed by atoms with Crippen LogP contribution >= 0.6 is 11.6 Å². The molecule has 0 radical (unpaired) electrons. The Morgan fingerprint density at radius 3 is 2.58 bits per heavy atom. The second-order valence-electron chi connectivity index (χ2n) is 2.09. The fourth-order valence-corrected chi connectivity index (χ4v) is 0.996. The summed E-state index contributed by atoms with van der Waals surface area (Å²) < 4.78 is 24.3. The van der Waals surface area contributed by atoms with E-state index in [4.69, 9.17) is 17.3 Å². The van der Waals surface area contributed by atoms with Gasteiger partial charge in [0.1, 0.15) is 5.69 Å². The third-order valence-corrected chi connectivity index (χ3v) is 1.65. The Morgan fingerprint density at radius 1 is 1.58 bits per heavy atom. The van der Waals surface area contributed by atoms with Crippen molar-refractivity contribution in [2.24, 2.45) is 0 Å². The summed E-state index contributed by atoms with van der Waals surface area (Å²) in [6, 6.07) is 0. The molecule has 3 N–H and O–H groups in total. The molecule has 0 atom stereocenters. The lowest BCUT2D eigenvalue weighted by molar-refractivity contribution is 0.152. The van der Waals surface area contributed by atoms with E-state index in [9.17, 15) is 13.6 Å². The van der Waals surface area contributed by atoms with E-state index in [2.05, 4.69) is 4.98 Å². The molecule has 1 rings (SSSR count). The standard InChI is InChI=1S/C6H5ClF2N2O/c7-2-1-11-6(12)4(10)3(2)5(8)9/h1,5H,10H2,(H,11,12).